The van der Waals surface area contributed by atoms with E-state index < -0.39 is 83.2 Å². The minimum atomic E-state index is -1.38. The minimum Gasteiger partial charge on any atom is -0.462 e. The van der Waals surface area contributed by atoms with E-state index in [-0.39, 0.29) is 68.6 Å². The molecule has 84 heavy (non-hydrogen) atoms. The minimum absolute atomic E-state index is 0.0733. The monoisotopic (exact) mass is 1210 g/mol. The van der Waals surface area contributed by atoms with Gasteiger partial charge in [-0.15, -0.1) is 0 Å². The number of rotatable bonds is 52. The molecule has 0 aliphatic rings. The number of hydrogen-bond acceptors (Lipinski definition) is 15. The maximum atomic E-state index is 13.8. The molecule has 490 valence electrons. The van der Waals surface area contributed by atoms with Crippen molar-refractivity contribution in [3.63, 3.8) is 0 Å². The Morgan fingerprint density at radius 3 is 1.18 bits per heavy atom. The van der Waals surface area contributed by atoms with Gasteiger partial charge in [-0.2, -0.15) is 11.8 Å². The quantitative estimate of drug-likeness (QED) is 0.0251. The molecule has 0 spiro atoms. The lowest BCUT2D eigenvalue weighted by Gasteiger charge is -2.27. The Labute approximate surface area is 513 Å². The molecule has 0 unspecified atom stereocenters. The zero-order chi connectivity index (χ0) is 63.1. The van der Waals surface area contributed by atoms with Crippen LogP contribution < -0.4 is 21.7 Å². The normalized spacial score (nSPS) is 13.2. The van der Waals surface area contributed by atoms with Crippen LogP contribution in [0.3, 0.4) is 0 Å². The lowest BCUT2D eigenvalue weighted by Crippen LogP contribution is -2.54. The largest absolute Gasteiger partial charge is 0.462 e. The second-order valence-corrected chi connectivity index (χ2v) is 27.1. The molecule has 5 N–H and O–H groups in total. The third-order valence-corrected chi connectivity index (χ3v) is 15.0. The van der Waals surface area contributed by atoms with Crippen LogP contribution >= 0.6 is 11.8 Å². The first kappa shape index (κ1) is 80.1. The van der Waals surface area contributed by atoms with Crippen LogP contribution in [0.2, 0.25) is 0 Å². The van der Waals surface area contributed by atoms with Crippen LogP contribution in [-0.4, -0.2) is 113 Å². The fourth-order valence-corrected chi connectivity index (χ4v) is 10.3. The van der Waals surface area contributed by atoms with Crippen LogP contribution in [0.15, 0.2) is 0 Å². The molecule has 4 atom stereocenters. The molecular formula is C66H122N4O13S. The van der Waals surface area contributed by atoms with E-state index >= 15 is 0 Å². The third kappa shape index (κ3) is 51.3. The van der Waals surface area contributed by atoms with E-state index in [2.05, 4.69) is 29.8 Å². The Morgan fingerprint density at radius 1 is 0.417 bits per heavy atom. The van der Waals surface area contributed by atoms with Crippen molar-refractivity contribution < 1.29 is 62.0 Å². The highest BCUT2D eigenvalue weighted by Crippen LogP contribution is 2.19. The Hall–Kier alpha value is -3.93. The van der Waals surface area contributed by atoms with Gasteiger partial charge in [0.15, 0.2) is 0 Å². The molecule has 3 amide bonds. The summed E-state index contributed by atoms with van der Waals surface area (Å²) in [6, 6.07) is -3.80. The highest BCUT2D eigenvalue weighted by atomic mass is 32.2. The van der Waals surface area contributed by atoms with Gasteiger partial charge in [0.2, 0.25) is 17.7 Å². The predicted molar refractivity (Wildman–Crippen MR) is 338 cm³/mol. The van der Waals surface area contributed by atoms with Crippen LogP contribution in [0.5, 0.6) is 0 Å². The van der Waals surface area contributed by atoms with Gasteiger partial charge in [-0.25, -0.2) is 4.79 Å². The molecule has 0 aromatic rings. The molecule has 18 heteroatoms. The SMILES string of the molecule is CCCCCCCCCCCCCCCCCC(=O)OC[C@H](CSC[C@H](N)C(=O)NCC(=O)N[C@@H](CCC(=O)OC(C)(C)C)C(=O)N[C@@H](CCC(=O)OC(C)(C)C)C(=O)OC(C)(C)C)OC(=O)CCCCCCCCCCCCCCCCC. The molecular weight excluding hydrogens is 1090 g/mol. The highest BCUT2D eigenvalue weighted by molar-refractivity contribution is 7.99. The summed E-state index contributed by atoms with van der Waals surface area (Å²) in [5.74, 6) is -4.80. The zero-order valence-corrected chi connectivity index (χ0v) is 55.7. The van der Waals surface area contributed by atoms with E-state index in [1.165, 1.54) is 153 Å². The van der Waals surface area contributed by atoms with Gasteiger partial charge in [-0.1, -0.05) is 194 Å². The van der Waals surface area contributed by atoms with Gasteiger partial charge in [-0.05, 0) is 88.0 Å². The summed E-state index contributed by atoms with van der Waals surface area (Å²) in [4.78, 5) is 105. The standard InChI is InChI=1S/C66H122N4O13S/c1-12-14-16-18-20-22-24-26-28-30-32-34-36-38-40-42-57(72)79-49-52(80-58(73)43-41-39-37-35-33-31-29-27-25-23-21-19-17-15-13-2)50-84-51-53(67)61(76)68-48-56(71)69-54(44-46-59(74)81-64(3,4)5)62(77)70-55(63(78)83-66(9,10)11)45-47-60(75)82-65(6,7)8/h52-55H,12-51,67H2,1-11H3,(H,68,76)(H,69,71)(H,70,77)/t52-,53+,54+,55+/m1/s1. The number of carbonyl (C=O) groups is 8. The average Bonchev–Trinajstić information content (AvgIpc) is 3.48. The van der Waals surface area contributed by atoms with Gasteiger partial charge in [0.05, 0.1) is 12.6 Å². The van der Waals surface area contributed by atoms with Crippen molar-refractivity contribution in [2.75, 3.05) is 24.7 Å². The van der Waals surface area contributed by atoms with Crippen LogP contribution in [0.1, 0.15) is 307 Å². The smallest absolute Gasteiger partial charge is 0.329 e. The van der Waals surface area contributed by atoms with Crippen molar-refractivity contribution >= 4 is 59.3 Å². The number of amides is 3. The lowest BCUT2D eigenvalue weighted by atomic mass is 10.0. The molecule has 0 saturated carbocycles. The average molecular weight is 1210 g/mol. The van der Waals surface area contributed by atoms with Gasteiger partial charge >= 0.3 is 29.8 Å². The first-order chi connectivity index (χ1) is 39.7. The van der Waals surface area contributed by atoms with E-state index in [0.29, 0.717) is 6.42 Å². The molecule has 0 fully saturated rings. The lowest BCUT2D eigenvalue weighted by molar-refractivity contribution is -0.161. The van der Waals surface area contributed by atoms with Crippen molar-refractivity contribution in [3.05, 3.63) is 0 Å². The van der Waals surface area contributed by atoms with E-state index in [1.54, 1.807) is 62.3 Å². The fraction of sp³-hybridized carbons (Fsp3) is 0.879. The molecule has 0 aromatic carbocycles. The van der Waals surface area contributed by atoms with Crippen LogP contribution in [-0.2, 0) is 62.0 Å². The molecule has 0 bridgehead atoms. The van der Waals surface area contributed by atoms with Crippen LogP contribution in [0.25, 0.3) is 0 Å². The summed E-state index contributed by atoms with van der Waals surface area (Å²) < 4.78 is 27.8. The number of hydrogen-bond donors (Lipinski definition) is 4. The number of esters is 5. The molecule has 17 nitrogen and oxygen atoms in total. The first-order valence-electron chi connectivity index (χ1n) is 33.0. The third-order valence-electron chi connectivity index (χ3n) is 13.8. The Bertz CT molecular complexity index is 1800. The number of thioether (sulfide) groups is 1. The summed E-state index contributed by atoms with van der Waals surface area (Å²) in [5, 5.41) is 7.62. The van der Waals surface area contributed by atoms with E-state index in [0.717, 1.165) is 44.9 Å². The summed E-state index contributed by atoms with van der Waals surface area (Å²) in [6.07, 6.45) is 35.4. The van der Waals surface area contributed by atoms with Crippen molar-refractivity contribution in [1.29, 1.82) is 0 Å². The first-order valence-corrected chi connectivity index (χ1v) is 34.1. The molecule has 0 heterocycles. The number of nitrogens with two attached hydrogens (primary N) is 1. The van der Waals surface area contributed by atoms with Crippen molar-refractivity contribution in [2.45, 2.75) is 348 Å². The highest BCUT2D eigenvalue weighted by Gasteiger charge is 2.32. The summed E-state index contributed by atoms with van der Waals surface area (Å²) >= 11 is 1.24. The molecule has 0 radical (unpaired) electrons. The number of carbonyl (C=O) groups excluding carboxylic acids is 8. The van der Waals surface area contributed by atoms with Gasteiger partial charge in [0, 0.05) is 37.2 Å². The summed E-state index contributed by atoms with van der Waals surface area (Å²) in [7, 11) is 0. The van der Waals surface area contributed by atoms with E-state index in [9.17, 15) is 38.4 Å². The second-order valence-electron chi connectivity index (χ2n) is 26.0. The van der Waals surface area contributed by atoms with Gasteiger partial charge in [0.25, 0.3) is 0 Å². The van der Waals surface area contributed by atoms with Crippen molar-refractivity contribution in [1.82, 2.24) is 16.0 Å². The second kappa shape index (κ2) is 49.1. The van der Waals surface area contributed by atoms with Gasteiger partial charge < -0.3 is 45.4 Å². The predicted octanol–water partition coefficient (Wildman–Crippen LogP) is 13.7. The number of ether oxygens (including phenoxy) is 5. The molecule has 0 aliphatic heterocycles. The number of nitrogens with one attached hydrogen (secondary N) is 3. The fourth-order valence-electron chi connectivity index (χ4n) is 9.32. The van der Waals surface area contributed by atoms with E-state index in [4.69, 9.17) is 29.4 Å². The summed E-state index contributed by atoms with van der Waals surface area (Å²) in [5.41, 5.74) is 3.73. The Balaban J connectivity index is 5.48. The molecule has 0 aliphatic carbocycles. The summed E-state index contributed by atoms with van der Waals surface area (Å²) in [6.45, 7) is 18.9. The van der Waals surface area contributed by atoms with Crippen molar-refractivity contribution in [3.8, 4) is 0 Å². The van der Waals surface area contributed by atoms with Gasteiger partial charge in [-0.3, -0.25) is 33.6 Å². The molecule has 0 saturated heterocycles. The Kier molecular flexibility index (Phi) is 46.8. The molecule has 0 rings (SSSR count). The topological polar surface area (TPSA) is 245 Å². The van der Waals surface area contributed by atoms with Crippen LogP contribution in [0.4, 0.5) is 0 Å². The van der Waals surface area contributed by atoms with Crippen LogP contribution in [0, 0.1) is 0 Å². The molecule has 0 aromatic heterocycles. The van der Waals surface area contributed by atoms with Crippen molar-refractivity contribution in [2.24, 2.45) is 5.73 Å². The zero-order valence-electron chi connectivity index (χ0n) is 54.9. The Morgan fingerprint density at radius 2 is 0.786 bits per heavy atom. The number of unbranched alkanes of at least 4 members (excludes halogenated alkanes) is 28. The maximum Gasteiger partial charge on any atom is 0.329 e. The maximum absolute atomic E-state index is 13.8. The van der Waals surface area contributed by atoms with E-state index in [1.807, 2.05) is 0 Å². The van der Waals surface area contributed by atoms with Gasteiger partial charge in [0.1, 0.15) is 41.6 Å².